The molecule has 0 aliphatic carbocycles. The summed E-state index contributed by atoms with van der Waals surface area (Å²) in [5, 5.41) is 2.59. The second-order valence-corrected chi connectivity index (χ2v) is 5.65. The van der Waals surface area contributed by atoms with Crippen LogP contribution in [0, 0.1) is 11.6 Å². The first-order valence-electron chi connectivity index (χ1n) is 7.42. The Morgan fingerprint density at radius 1 is 1.00 bits per heavy atom. The van der Waals surface area contributed by atoms with E-state index in [-0.39, 0.29) is 17.8 Å². The number of carbonyl (C=O) groups is 2. The van der Waals surface area contributed by atoms with Crippen molar-refractivity contribution in [2.45, 2.75) is 18.6 Å². The van der Waals surface area contributed by atoms with Gasteiger partial charge in [-0.25, -0.2) is 13.7 Å². The summed E-state index contributed by atoms with van der Waals surface area (Å²) in [5.41, 5.74) is -1.13. The summed E-state index contributed by atoms with van der Waals surface area (Å²) in [4.78, 5) is 25.2. The Balaban J connectivity index is 1.84. The van der Waals surface area contributed by atoms with E-state index in [1.165, 1.54) is 12.1 Å². The fourth-order valence-corrected chi connectivity index (χ4v) is 2.62. The van der Waals surface area contributed by atoms with E-state index in [0.717, 1.165) is 24.3 Å². The average molecular weight is 370 g/mol. The molecule has 9 heteroatoms. The van der Waals surface area contributed by atoms with Gasteiger partial charge in [0, 0.05) is 11.8 Å². The van der Waals surface area contributed by atoms with Crippen LogP contribution in [0.4, 0.5) is 33.3 Å². The maximum Gasteiger partial charge on any atom is 0.416 e. The molecule has 0 radical (unpaired) electrons. The van der Waals surface area contributed by atoms with Crippen LogP contribution in [-0.4, -0.2) is 17.9 Å². The Bertz CT molecular complexity index is 882. The SMILES string of the molecule is O=C1C[C@H](Nc2ccc(F)c(F)c2)C(=O)N1c1cccc(C(F)(F)F)c1. The van der Waals surface area contributed by atoms with Gasteiger partial charge < -0.3 is 5.32 Å². The summed E-state index contributed by atoms with van der Waals surface area (Å²) >= 11 is 0. The molecule has 2 aromatic carbocycles. The number of rotatable bonds is 3. The van der Waals surface area contributed by atoms with Gasteiger partial charge in [-0.1, -0.05) is 6.07 Å². The van der Waals surface area contributed by atoms with Gasteiger partial charge in [0.15, 0.2) is 11.6 Å². The van der Waals surface area contributed by atoms with Crippen molar-refractivity contribution in [1.82, 2.24) is 0 Å². The molecule has 1 atom stereocenters. The molecule has 2 amide bonds. The first-order valence-corrected chi connectivity index (χ1v) is 7.42. The lowest BCUT2D eigenvalue weighted by Crippen LogP contribution is -2.35. The highest BCUT2D eigenvalue weighted by Crippen LogP contribution is 2.33. The van der Waals surface area contributed by atoms with Crippen molar-refractivity contribution >= 4 is 23.2 Å². The maximum absolute atomic E-state index is 13.2. The van der Waals surface area contributed by atoms with Crippen molar-refractivity contribution < 1.29 is 31.5 Å². The van der Waals surface area contributed by atoms with Crippen LogP contribution in [0.25, 0.3) is 0 Å². The van der Waals surface area contributed by atoms with Crippen molar-refractivity contribution in [3.05, 3.63) is 59.7 Å². The molecule has 26 heavy (non-hydrogen) atoms. The van der Waals surface area contributed by atoms with Crippen molar-refractivity contribution in [1.29, 1.82) is 0 Å². The Hall–Kier alpha value is -2.97. The molecule has 1 aliphatic heterocycles. The van der Waals surface area contributed by atoms with Crippen molar-refractivity contribution in [2.24, 2.45) is 0 Å². The standard InChI is InChI=1S/C17H11F5N2O2/c18-12-5-4-10(7-13(12)19)23-14-8-15(25)24(16(14)26)11-3-1-2-9(6-11)17(20,21)22/h1-7,14,23H,8H2/t14-/m0/s1. The molecule has 0 unspecified atom stereocenters. The fraction of sp³-hybridized carbons (Fsp3) is 0.176. The average Bonchev–Trinajstić information content (AvgIpc) is 2.84. The van der Waals surface area contributed by atoms with Gasteiger partial charge >= 0.3 is 6.18 Å². The molecular formula is C17H11F5N2O2. The van der Waals surface area contributed by atoms with Crippen molar-refractivity contribution in [3.8, 4) is 0 Å². The Morgan fingerprint density at radius 2 is 1.73 bits per heavy atom. The van der Waals surface area contributed by atoms with Gasteiger partial charge in [0.1, 0.15) is 6.04 Å². The molecule has 0 aromatic heterocycles. The van der Waals surface area contributed by atoms with Gasteiger partial charge in [0.25, 0.3) is 5.91 Å². The monoisotopic (exact) mass is 370 g/mol. The third kappa shape index (κ3) is 3.37. The summed E-state index contributed by atoms with van der Waals surface area (Å²) in [6, 6.07) is 5.59. The first-order chi connectivity index (χ1) is 12.2. The predicted octanol–water partition coefficient (Wildman–Crippen LogP) is 3.73. The van der Waals surface area contributed by atoms with Crippen LogP contribution in [0.1, 0.15) is 12.0 Å². The normalized spacial score (nSPS) is 17.7. The predicted molar refractivity (Wildman–Crippen MR) is 82.3 cm³/mol. The number of hydrogen-bond donors (Lipinski definition) is 1. The quantitative estimate of drug-likeness (QED) is 0.662. The minimum absolute atomic E-state index is 0.0703. The number of hydrogen-bond acceptors (Lipinski definition) is 3. The van der Waals surface area contributed by atoms with Crippen LogP contribution in [-0.2, 0) is 15.8 Å². The van der Waals surface area contributed by atoms with Gasteiger partial charge in [-0.05, 0) is 30.3 Å². The van der Waals surface area contributed by atoms with Crippen LogP contribution in [0.2, 0.25) is 0 Å². The Kier molecular flexibility index (Phi) is 4.39. The molecule has 1 N–H and O–H groups in total. The highest BCUT2D eigenvalue weighted by Gasteiger charge is 2.40. The molecule has 0 bridgehead atoms. The number of nitrogens with zero attached hydrogens (tertiary/aromatic N) is 1. The zero-order valence-electron chi connectivity index (χ0n) is 13.0. The minimum atomic E-state index is -4.62. The van der Waals surface area contributed by atoms with Gasteiger partial charge in [0.05, 0.1) is 17.7 Å². The number of halogens is 5. The van der Waals surface area contributed by atoms with E-state index in [0.29, 0.717) is 11.0 Å². The topological polar surface area (TPSA) is 49.4 Å². The number of alkyl halides is 3. The lowest BCUT2D eigenvalue weighted by molar-refractivity contribution is -0.137. The van der Waals surface area contributed by atoms with E-state index in [1.54, 1.807) is 0 Å². The lowest BCUT2D eigenvalue weighted by Gasteiger charge is -2.17. The summed E-state index contributed by atoms with van der Waals surface area (Å²) < 4.78 is 64.6. The lowest BCUT2D eigenvalue weighted by atomic mass is 10.2. The first kappa shape index (κ1) is 17.8. The summed E-state index contributed by atoms with van der Waals surface area (Å²) in [6.45, 7) is 0. The number of carbonyl (C=O) groups excluding carboxylic acids is 2. The maximum atomic E-state index is 13.2. The largest absolute Gasteiger partial charge is 0.416 e. The van der Waals surface area contributed by atoms with Crippen molar-refractivity contribution in [2.75, 3.05) is 10.2 Å². The molecule has 1 heterocycles. The molecule has 2 aromatic rings. The third-order valence-electron chi connectivity index (χ3n) is 3.84. The molecular weight excluding hydrogens is 359 g/mol. The fourth-order valence-electron chi connectivity index (χ4n) is 2.62. The van der Waals surface area contributed by atoms with Crippen molar-refractivity contribution in [3.63, 3.8) is 0 Å². The number of benzene rings is 2. The molecule has 136 valence electrons. The van der Waals surface area contributed by atoms with Gasteiger partial charge in [-0.15, -0.1) is 0 Å². The third-order valence-corrected chi connectivity index (χ3v) is 3.84. The molecule has 4 nitrogen and oxygen atoms in total. The van der Waals surface area contributed by atoms with Crippen LogP contribution >= 0.6 is 0 Å². The number of amides is 2. The van der Waals surface area contributed by atoms with E-state index < -0.39 is 41.2 Å². The summed E-state index contributed by atoms with van der Waals surface area (Å²) in [6.07, 6.45) is -4.95. The van der Waals surface area contributed by atoms with Crippen LogP contribution in [0.3, 0.4) is 0 Å². The zero-order valence-corrected chi connectivity index (χ0v) is 13.0. The molecule has 1 aliphatic rings. The highest BCUT2D eigenvalue weighted by atomic mass is 19.4. The smallest absolute Gasteiger partial charge is 0.373 e. The summed E-state index contributed by atoms with van der Waals surface area (Å²) in [5.74, 6) is -3.69. The number of nitrogens with one attached hydrogen (secondary N) is 1. The summed E-state index contributed by atoms with van der Waals surface area (Å²) in [7, 11) is 0. The molecule has 1 saturated heterocycles. The minimum Gasteiger partial charge on any atom is -0.373 e. The van der Waals surface area contributed by atoms with Gasteiger partial charge in [0.2, 0.25) is 5.91 Å². The molecule has 1 fully saturated rings. The second-order valence-electron chi connectivity index (χ2n) is 5.65. The zero-order chi connectivity index (χ0) is 19.1. The second kappa shape index (κ2) is 6.40. The number of anilines is 2. The van der Waals surface area contributed by atoms with E-state index in [4.69, 9.17) is 0 Å². The van der Waals surface area contributed by atoms with E-state index in [1.807, 2.05) is 0 Å². The van der Waals surface area contributed by atoms with Gasteiger partial charge in [-0.2, -0.15) is 13.2 Å². The highest BCUT2D eigenvalue weighted by molar-refractivity contribution is 6.23. The number of imide groups is 1. The Labute approximate surface area is 144 Å². The van der Waals surface area contributed by atoms with Crippen LogP contribution < -0.4 is 10.2 Å². The van der Waals surface area contributed by atoms with E-state index in [9.17, 15) is 31.5 Å². The van der Waals surface area contributed by atoms with Crippen LogP contribution in [0.15, 0.2) is 42.5 Å². The molecule has 0 spiro atoms. The molecule has 3 rings (SSSR count). The van der Waals surface area contributed by atoms with E-state index >= 15 is 0 Å². The van der Waals surface area contributed by atoms with Gasteiger partial charge in [-0.3, -0.25) is 9.59 Å². The Morgan fingerprint density at radius 3 is 2.38 bits per heavy atom. The molecule has 0 saturated carbocycles. The van der Waals surface area contributed by atoms with Crippen LogP contribution in [0.5, 0.6) is 0 Å². The van der Waals surface area contributed by atoms with E-state index in [2.05, 4.69) is 5.32 Å².